The van der Waals surface area contributed by atoms with E-state index in [1.54, 1.807) is 13.8 Å². The Morgan fingerprint density at radius 1 is 1.23 bits per heavy atom. The molecule has 7 heteroatoms. The number of alkyl halides is 3. The fourth-order valence-corrected chi connectivity index (χ4v) is 3.10. The molecule has 1 aromatic rings. The Kier molecular flexibility index (Phi) is 5.88. The second-order valence-corrected chi connectivity index (χ2v) is 6.78. The monoisotopic (exact) mass is 372 g/mol. The van der Waals surface area contributed by atoms with Crippen molar-refractivity contribution in [2.45, 2.75) is 51.8 Å². The molecule has 0 fully saturated rings. The maximum atomic E-state index is 13.1. The van der Waals surface area contributed by atoms with Crippen molar-refractivity contribution < 1.29 is 31.9 Å². The van der Waals surface area contributed by atoms with Crippen molar-refractivity contribution in [1.29, 1.82) is 0 Å². The van der Waals surface area contributed by atoms with E-state index in [4.69, 9.17) is 4.74 Å². The minimum atomic E-state index is -4.50. The number of halogens is 4. The lowest BCUT2D eigenvalue weighted by molar-refractivity contribution is -0.150. The second kappa shape index (κ2) is 7.60. The van der Waals surface area contributed by atoms with Gasteiger partial charge in [-0.05, 0) is 36.1 Å². The summed E-state index contributed by atoms with van der Waals surface area (Å²) in [7, 11) is 0. The van der Waals surface area contributed by atoms with E-state index in [0.717, 1.165) is 0 Å². The molecule has 0 aromatic heterocycles. The maximum Gasteiger partial charge on any atom is 0.393 e. The van der Waals surface area contributed by atoms with Crippen LogP contribution < -0.4 is 0 Å². The molecule has 26 heavy (non-hydrogen) atoms. The molecule has 1 aliphatic rings. The third-order valence-electron chi connectivity index (χ3n) is 4.45. The Balaban J connectivity index is 2.19. The van der Waals surface area contributed by atoms with Crippen molar-refractivity contribution in [2.75, 3.05) is 0 Å². The lowest BCUT2D eigenvalue weighted by Crippen LogP contribution is -2.26. The third-order valence-corrected chi connectivity index (χ3v) is 4.45. The van der Waals surface area contributed by atoms with Gasteiger partial charge in [-0.15, -0.1) is 0 Å². The highest BCUT2D eigenvalue weighted by Gasteiger charge is 2.40. The highest BCUT2D eigenvalue weighted by Crippen LogP contribution is 2.35. The number of hydrogen-bond acceptors (Lipinski definition) is 3. The van der Waals surface area contributed by atoms with Crippen LogP contribution in [0.3, 0.4) is 0 Å². The Hall–Kier alpha value is -2.18. The molecule has 0 N–H and O–H groups in total. The minimum absolute atomic E-state index is 0.141. The summed E-state index contributed by atoms with van der Waals surface area (Å²) < 4.78 is 56.3. The number of Topliss-reactive ketones (excluding diaryl/α,β-unsaturated/α-hetero) is 1. The molecule has 1 aliphatic carbocycles. The fourth-order valence-electron chi connectivity index (χ4n) is 3.10. The van der Waals surface area contributed by atoms with Crippen LogP contribution in [0.25, 0.3) is 0 Å². The fraction of sp³-hybridized carbons (Fsp3) is 0.474. The van der Waals surface area contributed by atoms with Crippen LogP contribution >= 0.6 is 0 Å². The predicted molar refractivity (Wildman–Crippen MR) is 86.9 cm³/mol. The molecular weight excluding hydrogens is 352 g/mol. The SMILES string of the molecule is CC1=C(CC(F)(F)F)C(=O)CC1OC(=O)[C@H](c1ccc(F)cc1)C(C)C. The summed E-state index contributed by atoms with van der Waals surface area (Å²) in [6, 6.07) is 5.39. The zero-order chi connectivity index (χ0) is 19.6. The van der Waals surface area contributed by atoms with E-state index in [1.165, 1.54) is 31.2 Å². The van der Waals surface area contributed by atoms with Crippen LogP contribution in [-0.4, -0.2) is 24.0 Å². The van der Waals surface area contributed by atoms with Crippen LogP contribution in [0.1, 0.15) is 45.1 Å². The summed E-state index contributed by atoms with van der Waals surface area (Å²) in [5, 5.41) is 0. The van der Waals surface area contributed by atoms with Gasteiger partial charge >= 0.3 is 12.1 Å². The Bertz CT molecular complexity index is 717. The molecular formula is C19H20F4O3. The minimum Gasteiger partial charge on any atom is -0.457 e. The zero-order valence-corrected chi connectivity index (χ0v) is 14.7. The van der Waals surface area contributed by atoms with Gasteiger partial charge in [0.1, 0.15) is 11.9 Å². The van der Waals surface area contributed by atoms with Crippen LogP contribution in [0.4, 0.5) is 17.6 Å². The quantitative estimate of drug-likeness (QED) is 0.555. The smallest absolute Gasteiger partial charge is 0.393 e. The first-order valence-corrected chi connectivity index (χ1v) is 8.25. The van der Waals surface area contributed by atoms with Crippen LogP contribution in [0.2, 0.25) is 0 Å². The molecule has 142 valence electrons. The van der Waals surface area contributed by atoms with E-state index in [9.17, 15) is 27.2 Å². The molecule has 0 saturated heterocycles. The van der Waals surface area contributed by atoms with Gasteiger partial charge < -0.3 is 4.74 Å². The predicted octanol–water partition coefficient (Wildman–Crippen LogP) is 4.72. The van der Waals surface area contributed by atoms with Crippen molar-refractivity contribution in [2.24, 2.45) is 5.92 Å². The molecule has 3 nitrogen and oxygen atoms in total. The lowest BCUT2D eigenvalue weighted by atomic mass is 9.88. The van der Waals surface area contributed by atoms with E-state index < -0.39 is 42.2 Å². The number of hydrogen-bond donors (Lipinski definition) is 0. The van der Waals surface area contributed by atoms with Crippen LogP contribution in [-0.2, 0) is 14.3 Å². The van der Waals surface area contributed by atoms with Crippen LogP contribution in [0.15, 0.2) is 35.4 Å². The number of carbonyl (C=O) groups excluding carboxylic acids is 2. The van der Waals surface area contributed by atoms with Crippen LogP contribution in [0, 0.1) is 11.7 Å². The molecule has 1 unspecified atom stereocenters. The topological polar surface area (TPSA) is 43.4 Å². The van der Waals surface area contributed by atoms with Gasteiger partial charge in [-0.3, -0.25) is 9.59 Å². The molecule has 0 heterocycles. The molecule has 2 rings (SSSR count). The average molecular weight is 372 g/mol. The van der Waals surface area contributed by atoms with E-state index in [2.05, 4.69) is 0 Å². The Labute approximate surface area is 149 Å². The number of ketones is 1. The largest absolute Gasteiger partial charge is 0.457 e. The molecule has 2 atom stereocenters. The van der Waals surface area contributed by atoms with Gasteiger partial charge in [0.05, 0.1) is 18.8 Å². The van der Waals surface area contributed by atoms with Gasteiger partial charge in [0.15, 0.2) is 5.78 Å². The van der Waals surface area contributed by atoms with Gasteiger partial charge in [0, 0.05) is 5.57 Å². The van der Waals surface area contributed by atoms with E-state index in [0.29, 0.717) is 5.56 Å². The summed E-state index contributed by atoms with van der Waals surface area (Å²) in [6.07, 6.45) is -7.09. The highest BCUT2D eigenvalue weighted by molar-refractivity contribution is 6.00. The number of rotatable bonds is 5. The zero-order valence-electron chi connectivity index (χ0n) is 14.7. The standard InChI is InChI=1S/C19H20F4O3/c1-10(2)17(12-4-6-13(20)7-5-12)18(25)26-16-8-15(24)14(11(16)3)9-19(21,22)23/h4-7,10,16-17H,8-9H2,1-3H3/t16?,17-/m0/s1. The first kappa shape index (κ1) is 20.1. The molecule has 1 aromatic carbocycles. The first-order chi connectivity index (χ1) is 12.0. The van der Waals surface area contributed by atoms with Gasteiger partial charge in [-0.1, -0.05) is 26.0 Å². The highest BCUT2D eigenvalue weighted by atomic mass is 19.4. The van der Waals surface area contributed by atoms with E-state index in [1.807, 2.05) is 0 Å². The first-order valence-electron chi connectivity index (χ1n) is 8.25. The molecule has 0 radical (unpaired) electrons. The number of ether oxygens (including phenoxy) is 1. The van der Waals surface area contributed by atoms with Gasteiger partial charge in [-0.2, -0.15) is 13.2 Å². The lowest BCUT2D eigenvalue weighted by Gasteiger charge is -2.23. The summed E-state index contributed by atoms with van der Waals surface area (Å²) in [5.74, 6) is -2.62. The van der Waals surface area contributed by atoms with Crippen LogP contribution in [0.5, 0.6) is 0 Å². The summed E-state index contributed by atoms with van der Waals surface area (Å²) in [6.45, 7) is 4.95. The molecule has 0 amide bonds. The maximum absolute atomic E-state index is 13.1. The normalized spacial score (nSPS) is 19.2. The Morgan fingerprint density at radius 3 is 2.31 bits per heavy atom. The number of benzene rings is 1. The van der Waals surface area contributed by atoms with Gasteiger partial charge in [0.2, 0.25) is 0 Å². The van der Waals surface area contributed by atoms with Crippen molar-refractivity contribution in [3.8, 4) is 0 Å². The van der Waals surface area contributed by atoms with E-state index >= 15 is 0 Å². The second-order valence-electron chi connectivity index (χ2n) is 6.78. The van der Waals surface area contributed by atoms with Crippen molar-refractivity contribution >= 4 is 11.8 Å². The molecule has 0 saturated carbocycles. The Morgan fingerprint density at radius 2 is 1.81 bits per heavy atom. The van der Waals surface area contributed by atoms with E-state index in [-0.39, 0.29) is 23.5 Å². The van der Waals surface area contributed by atoms with Gasteiger partial charge in [-0.25, -0.2) is 4.39 Å². The molecule has 0 aliphatic heterocycles. The average Bonchev–Trinajstić information content (AvgIpc) is 2.75. The third kappa shape index (κ3) is 4.71. The summed E-state index contributed by atoms with van der Waals surface area (Å²) in [4.78, 5) is 24.5. The summed E-state index contributed by atoms with van der Waals surface area (Å²) >= 11 is 0. The number of carbonyl (C=O) groups is 2. The number of esters is 1. The van der Waals surface area contributed by atoms with Crippen molar-refractivity contribution in [1.82, 2.24) is 0 Å². The van der Waals surface area contributed by atoms with Gasteiger partial charge in [0.25, 0.3) is 0 Å². The van der Waals surface area contributed by atoms with Crippen molar-refractivity contribution in [3.05, 3.63) is 46.8 Å². The summed E-state index contributed by atoms with van der Waals surface area (Å²) in [5.41, 5.74) is 0.355. The van der Waals surface area contributed by atoms with Crippen molar-refractivity contribution in [3.63, 3.8) is 0 Å². The molecule has 0 bridgehead atoms. The number of allylic oxidation sites excluding steroid dienone is 1. The molecule has 0 spiro atoms.